The fourth-order valence-electron chi connectivity index (χ4n) is 2.65. The van der Waals surface area contributed by atoms with Crippen molar-refractivity contribution in [3.8, 4) is 0 Å². The molecule has 0 heterocycles. The Hall–Kier alpha value is -0.0500. The number of carbonyl (C=O) groups excluding carboxylic acids is 1. The first-order chi connectivity index (χ1) is 8.19. The summed E-state index contributed by atoms with van der Waals surface area (Å²) >= 11 is 3.70. The zero-order valence-corrected chi connectivity index (χ0v) is 12.8. The van der Waals surface area contributed by atoms with E-state index in [1.807, 2.05) is 0 Å². The van der Waals surface area contributed by atoms with Gasteiger partial charge in [-0.05, 0) is 25.7 Å². The molecule has 1 fully saturated rings. The Kier molecular flexibility index (Phi) is 7.17. The lowest BCUT2D eigenvalue weighted by molar-refractivity contribution is -0.126. The van der Waals surface area contributed by atoms with E-state index in [0.717, 1.165) is 32.1 Å². The highest BCUT2D eigenvalue weighted by atomic mass is 79.9. The van der Waals surface area contributed by atoms with E-state index in [2.05, 4.69) is 35.1 Å². The van der Waals surface area contributed by atoms with E-state index >= 15 is 0 Å². The van der Waals surface area contributed by atoms with Crippen LogP contribution in [0.4, 0.5) is 0 Å². The molecular weight excluding hydrogens is 278 g/mol. The highest BCUT2D eigenvalue weighted by Crippen LogP contribution is 2.25. The van der Waals surface area contributed by atoms with Gasteiger partial charge in [-0.25, -0.2) is 0 Å². The first-order valence-corrected chi connectivity index (χ1v) is 8.05. The SMILES string of the molecule is CCCC(CCC)C(=O)NC1CCCCC1Br. The van der Waals surface area contributed by atoms with Gasteiger partial charge in [-0.3, -0.25) is 4.79 Å². The van der Waals surface area contributed by atoms with Crippen molar-refractivity contribution in [3.63, 3.8) is 0 Å². The van der Waals surface area contributed by atoms with Crippen LogP contribution in [-0.4, -0.2) is 16.8 Å². The summed E-state index contributed by atoms with van der Waals surface area (Å²) < 4.78 is 0. The third-order valence-electron chi connectivity index (χ3n) is 3.65. The third kappa shape index (κ3) is 4.99. The summed E-state index contributed by atoms with van der Waals surface area (Å²) in [5, 5.41) is 3.25. The normalized spacial score (nSPS) is 24.9. The lowest BCUT2D eigenvalue weighted by Gasteiger charge is -2.29. The minimum Gasteiger partial charge on any atom is -0.352 e. The highest BCUT2D eigenvalue weighted by molar-refractivity contribution is 9.09. The summed E-state index contributed by atoms with van der Waals surface area (Å²) in [6.45, 7) is 4.31. The second-order valence-corrected chi connectivity index (χ2v) is 6.37. The van der Waals surface area contributed by atoms with Crippen LogP contribution in [0, 0.1) is 5.92 Å². The van der Waals surface area contributed by atoms with E-state index in [-0.39, 0.29) is 11.8 Å². The van der Waals surface area contributed by atoms with Gasteiger partial charge in [-0.2, -0.15) is 0 Å². The minimum atomic E-state index is 0.228. The number of amides is 1. The smallest absolute Gasteiger partial charge is 0.223 e. The first-order valence-electron chi connectivity index (χ1n) is 7.13. The molecule has 2 unspecified atom stereocenters. The number of halogens is 1. The molecule has 1 aliphatic carbocycles. The van der Waals surface area contributed by atoms with Gasteiger partial charge in [-0.1, -0.05) is 55.5 Å². The van der Waals surface area contributed by atoms with Gasteiger partial charge in [0.05, 0.1) is 0 Å². The van der Waals surface area contributed by atoms with Crippen molar-refractivity contribution < 1.29 is 4.79 Å². The Morgan fingerprint density at radius 2 is 1.82 bits per heavy atom. The largest absolute Gasteiger partial charge is 0.352 e. The Morgan fingerprint density at radius 1 is 1.24 bits per heavy atom. The second kappa shape index (κ2) is 8.12. The minimum absolute atomic E-state index is 0.228. The van der Waals surface area contributed by atoms with E-state index in [1.54, 1.807) is 0 Å². The van der Waals surface area contributed by atoms with Crippen LogP contribution in [0.15, 0.2) is 0 Å². The second-order valence-electron chi connectivity index (χ2n) is 5.19. The van der Waals surface area contributed by atoms with Crippen molar-refractivity contribution in [2.24, 2.45) is 5.92 Å². The summed E-state index contributed by atoms with van der Waals surface area (Å²) in [6.07, 6.45) is 9.11. The summed E-state index contributed by atoms with van der Waals surface area (Å²) in [7, 11) is 0. The van der Waals surface area contributed by atoms with E-state index in [9.17, 15) is 4.79 Å². The molecule has 0 aliphatic heterocycles. The average Bonchev–Trinajstić information content (AvgIpc) is 2.32. The van der Waals surface area contributed by atoms with E-state index in [1.165, 1.54) is 19.3 Å². The van der Waals surface area contributed by atoms with Crippen molar-refractivity contribution in [1.29, 1.82) is 0 Å². The molecule has 3 heteroatoms. The molecule has 1 N–H and O–H groups in total. The van der Waals surface area contributed by atoms with E-state index < -0.39 is 0 Å². The molecule has 2 nitrogen and oxygen atoms in total. The van der Waals surface area contributed by atoms with Crippen molar-refractivity contribution in [2.45, 2.75) is 76.1 Å². The number of hydrogen-bond acceptors (Lipinski definition) is 1. The van der Waals surface area contributed by atoms with Gasteiger partial charge in [0, 0.05) is 16.8 Å². The van der Waals surface area contributed by atoms with E-state index in [4.69, 9.17) is 0 Å². The molecule has 0 saturated heterocycles. The van der Waals surface area contributed by atoms with E-state index in [0.29, 0.717) is 10.9 Å². The van der Waals surface area contributed by atoms with Crippen LogP contribution in [0.25, 0.3) is 0 Å². The maximum absolute atomic E-state index is 12.2. The average molecular weight is 304 g/mol. The lowest BCUT2D eigenvalue weighted by atomic mass is 9.93. The van der Waals surface area contributed by atoms with Crippen molar-refractivity contribution in [1.82, 2.24) is 5.32 Å². The molecule has 1 aliphatic rings. The number of rotatable bonds is 6. The van der Waals surface area contributed by atoms with Gasteiger partial charge in [0.2, 0.25) is 5.91 Å². The topological polar surface area (TPSA) is 29.1 Å². The maximum Gasteiger partial charge on any atom is 0.223 e. The number of alkyl halides is 1. The van der Waals surface area contributed by atoms with Gasteiger partial charge < -0.3 is 5.32 Å². The molecule has 1 rings (SSSR count). The Bertz CT molecular complexity index is 226. The monoisotopic (exact) mass is 303 g/mol. The molecule has 0 spiro atoms. The predicted octanol–water partition coefficient (Wildman–Crippen LogP) is 4.03. The van der Waals surface area contributed by atoms with Crippen LogP contribution < -0.4 is 5.32 Å². The highest BCUT2D eigenvalue weighted by Gasteiger charge is 2.26. The summed E-state index contributed by atoms with van der Waals surface area (Å²) in [4.78, 5) is 12.7. The van der Waals surface area contributed by atoms with Crippen LogP contribution in [-0.2, 0) is 4.79 Å². The molecule has 100 valence electrons. The third-order valence-corrected chi connectivity index (χ3v) is 4.75. The van der Waals surface area contributed by atoms with Gasteiger partial charge >= 0.3 is 0 Å². The molecule has 0 radical (unpaired) electrons. The zero-order valence-electron chi connectivity index (χ0n) is 11.2. The van der Waals surface area contributed by atoms with Gasteiger partial charge in [0.15, 0.2) is 0 Å². The molecule has 0 aromatic heterocycles. The Balaban J connectivity index is 2.44. The van der Waals surface area contributed by atoms with Gasteiger partial charge in [0.1, 0.15) is 0 Å². The molecule has 1 amide bonds. The first kappa shape index (κ1) is 15.0. The number of nitrogens with one attached hydrogen (secondary N) is 1. The lowest BCUT2D eigenvalue weighted by Crippen LogP contribution is -2.45. The summed E-state index contributed by atoms with van der Waals surface area (Å²) in [6, 6.07) is 0.354. The summed E-state index contributed by atoms with van der Waals surface area (Å²) in [5.41, 5.74) is 0. The van der Waals surface area contributed by atoms with Crippen molar-refractivity contribution >= 4 is 21.8 Å². The standard InChI is InChI=1S/C14H26BrNO/c1-3-7-11(8-4-2)14(17)16-13-10-6-5-9-12(13)15/h11-13H,3-10H2,1-2H3,(H,16,17). The van der Waals surface area contributed by atoms with Gasteiger partial charge in [-0.15, -0.1) is 0 Å². The molecule has 17 heavy (non-hydrogen) atoms. The van der Waals surface area contributed by atoms with Crippen LogP contribution in [0.2, 0.25) is 0 Å². The maximum atomic E-state index is 12.2. The van der Waals surface area contributed by atoms with Gasteiger partial charge in [0.25, 0.3) is 0 Å². The number of hydrogen-bond donors (Lipinski definition) is 1. The summed E-state index contributed by atoms with van der Waals surface area (Å²) in [5.74, 6) is 0.511. The molecule has 1 saturated carbocycles. The Morgan fingerprint density at radius 3 is 2.35 bits per heavy atom. The molecular formula is C14H26BrNO. The van der Waals surface area contributed by atoms with Crippen LogP contribution >= 0.6 is 15.9 Å². The zero-order chi connectivity index (χ0) is 12.7. The fourth-order valence-corrected chi connectivity index (χ4v) is 3.37. The molecule has 2 atom stereocenters. The molecule has 0 aromatic carbocycles. The Labute approximate surface area is 114 Å². The molecule has 0 bridgehead atoms. The van der Waals surface area contributed by atoms with Crippen LogP contribution in [0.3, 0.4) is 0 Å². The van der Waals surface area contributed by atoms with Crippen molar-refractivity contribution in [3.05, 3.63) is 0 Å². The van der Waals surface area contributed by atoms with Crippen LogP contribution in [0.5, 0.6) is 0 Å². The molecule has 0 aromatic rings. The quantitative estimate of drug-likeness (QED) is 0.738. The predicted molar refractivity (Wildman–Crippen MR) is 76.4 cm³/mol. The number of carbonyl (C=O) groups is 1. The van der Waals surface area contributed by atoms with Crippen molar-refractivity contribution in [2.75, 3.05) is 0 Å². The van der Waals surface area contributed by atoms with Crippen LogP contribution in [0.1, 0.15) is 65.2 Å². The fraction of sp³-hybridized carbons (Fsp3) is 0.929.